The predicted molar refractivity (Wildman–Crippen MR) is 82.7 cm³/mol. The maximum absolute atomic E-state index is 5.81. The van der Waals surface area contributed by atoms with E-state index >= 15 is 0 Å². The third kappa shape index (κ3) is 3.44. The summed E-state index contributed by atoms with van der Waals surface area (Å²) < 4.78 is 0.996. The van der Waals surface area contributed by atoms with Crippen LogP contribution in [0.2, 0.25) is 0 Å². The summed E-state index contributed by atoms with van der Waals surface area (Å²) in [4.78, 5) is 8.70. The number of hydrogen-bond donors (Lipinski definition) is 2. The molecule has 0 atom stereocenters. The van der Waals surface area contributed by atoms with E-state index in [-0.39, 0.29) is 5.92 Å². The Labute approximate surface area is 121 Å². The van der Waals surface area contributed by atoms with Crippen LogP contribution in [0.15, 0.2) is 28.7 Å². The highest BCUT2D eigenvalue weighted by molar-refractivity contribution is 9.10. The molecule has 0 amide bonds. The number of nitrogens with one attached hydrogen (secondary N) is 1. The second-order valence-corrected chi connectivity index (χ2v) is 5.65. The maximum Gasteiger partial charge on any atom is 0.136 e. The molecule has 0 bridgehead atoms. The Morgan fingerprint density at radius 3 is 2.58 bits per heavy atom. The van der Waals surface area contributed by atoms with E-state index < -0.39 is 0 Å². The fourth-order valence-corrected chi connectivity index (χ4v) is 2.26. The Kier molecular flexibility index (Phi) is 4.04. The van der Waals surface area contributed by atoms with Crippen molar-refractivity contribution in [2.24, 2.45) is 0 Å². The summed E-state index contributed by atoms with van der Waals surface area (Å²) >= 11 is 3.53. The summed E-state index contributed by atoms with van der Waals surface area (Å²) in [5, 5.41) is 3.26. The Balaban J connectivity index is 2.32. The molecule has 1 heterocycles. The van der Waals surface area contributed by atoms with Crippen molar-refractivity contribution in [1.29, 1.82) is 0 Å². The lowest BCUT2D eigenvalue weighted by molar-refractivity contribution is 0.779. The molecule has 5 heteroatoms. The molecular weight excluding hydrogens is 304 g/mol. The van der Waals surface area contributed by atoms with E-state index in [4.69, 9.17) is 5.73 Å². The molecule has 0 aliphatic carbocycles. The van der Waals surface area contributed by atoms with Crippen molar-refractivity contribution in [2.45, 2.75) is 26.7 Å². The lowest BCUT2D eigenvalue weighted by Crippen LogP contribution is -2.05. The van der Waals surface area contributed by atoms with Crippen molar-refractivity contribution in [1.82, 2.24) is 9.97 Å². The summed E-state index contributed by atoms with van der Waals surface area (Å²) in [5.74, 6) is 2.17. The SMILES string of the molecule is Cc1ccc(Nc2cc(N)nc(C(C)C)n2)c(Br)c1. The van der Waals surface area contributed by atoms with Crippen LogP contribution in [0.4, 0.5) is 17.3 Å². The summed E-state index contributed by atoms with van der Waals surface area (Å²) in [6.07, 6.45) is 0. The molecule has 0 aliphatic heterocycles. The summed E-state index contributed by atoms with van der Waals surface area (Å²) in [6.45, 7) is 6.13. The Hall–Kier alpha value is -1.62. The van der Waals surface area contributed by atoms with Gasteiger partial charge in [-0.3, -0.25) is 0 Å². The van der Waals surface area contributed by atoms with Crippen LogP contribution in [0.5, 0.6) is 0 Å². The highest BCUT2D eigenvalue weighted by Crippen LogP contribution is 2.27. The first-order chi connectivity index (χ1) is 8.95. The number of anilines is 3. The van der Waals surface area contributed by atoms with E-state index in [9.17, 15) is 0 Å². The number of hydrogen-bond acceptors (Lipinski definition) is 4. The molecule has 3 N–H and O–H groups in total. The van der Waals surface area contributed by atoms with Gasteiger partial charge in [0.1, 0.15) is 17.5 Å². The van der Waals surface area contributed by atoms with Crippen LogP contribution in [-0.4, -0.2) is 9.97 Å². The fourth-order valence-electron chi connectivity index (χ4n) is 1.67. The van der Waals surface area contributed by atoms with Crippen LogP contribution in [0.3, 0.4) is 0 Å². The van der Waals surface area contributed by atoms with Crippen molar-refractivity contribution in [3.05, 3.63) is 40.1 Å². The predicted octanol–water partition coefficient (Wildman–Crippen LogP) is 4.00. The molecule has 0 aliphatic rings. The standard InChI is InChI=1S/C14H17BrN4/c1-8(2)14-18-12(16)7-13(19-14)17-11-5-4-9(3)6-10(11)15/h4-8H,1-3H3,(H3,16,17,18,19). The van der Waals surface area contributed by atoms with Crippen LogP contribution >= 0.6 is 15.9 Å². The van der Waals surface area contributed by atoms with Gasteiger partial charge in [-0.15, -0.1) is 0 Å². The van der Waals surface area contributed by atoms with Gasteiger partial charge in [-0.25, -0.2) is 9.97 Å². The topological polar surface area (TPSA) is 63.8 Å². The van der Waals surface area contributed by atoms with Crippen molar-refractivity contribution in [2.75, 3.05) is 11.1 Å². The average Bonchev–Trinajstić information content (AvgIpc) is 2.32. The van der Waals surface area contributed by atoms with Gasteiger partial charge in [0, 0.05) is 16.5 Å². The Bertz CT molecular complexity index is 596. The van der Waals surface area contributed by atoms with Gasteiger partial charge in [0.05, 0.1) is 5.69 Å². The van der Waals surface area contributed by atoms with Gasteiger partial charge in [0.15, 0.2) is 0 Å². The van der Waals surface area contributed by atoms with E-state index in [0.717, 1.165) is 16.0 Å². The number of nitrogens with two attached hydrogens (primary N) is 1. The molecule has 0 spiro atoms. The Morgan fingerprint density at radius 2 is 1.95 bits per heavy atom. The van der Waals surface area contributed by atoms with Gasteiger partial charge in [-0.05, 0) is 40.5 Å². The van der Waals surface area contributed by atoms with Crippen LogP contribution < -0.4 is 11.1 Å². The molecule has 100 valence electrons. The molecule has 0 saturated carbocycles. The molecule has 0 saturated heterocycles. The van der Waals surface area contributed by atoms with E-state index in [1.807, 2.05) is 32.9 Å². The van der Waals surface area contributed by atoms with Gasteiger partial charge < -0.3 is 11.1 Å². The van der Waals surface area contributed by atoms with Gasteiger partial charge in [0.2, 0.25) is 0 Å². The molecule has 2 rings (SSSR count). The van der Waals surface area contributed by atoms with Crippen molar-refractivity contribution in [3.63, 3.8) is 0 Å². The maximum atomic E-state index is 5.81. The zero-order valence-corrected chi connectivity index (χ0v) is 12.8. The molecule has 4 nitrogen and oxygen atoms in total. The number of aryl methyl sites for hydroxylation is 1. The second kappa shape index (κ2) is 5.57. The first kappa shape index (κ1) is 13.8. The molecule has 19 heavy (non-hydrogen) atoms. The first-order valence-electron chi connectivity index (χ1n) is 6.13. The highest BCUT2D eigenvalue weighted by Gasteiger charge is 2.08. The van der Waals surface area contributed by atoms with E-state index in [1.165, 1.54) is 5.56 Å². The molecule has 0 unspecified atom stereocenters. The monoisotopic (exact) mass is 320 g/mol. The zero-order valence-electron chi connectivity index (χ0n) is 11.2. The quantitative estimate of drug-likeness (QED) is 0.897. The number of benzene rings is 1. The first-order valence-corrected chi connectivity index (χ1v) is 6.92. The number of nitrogen functional groups attached to an aromatic ring is 1. The third-order valence-corrected chi connectivity index (χ3v) is 3.32. The minimum absolute atomic E-state index is 0.241. The third-order valence-electron chi connectivity index (χ3n) is 2.67. The molecular formula is C14H17BrN4. The lowest BCUT2D eigenvalue weighted by atomic mass is 10.2. The second-order valence-electron chi connectivity index (χ2n) is 4.80. The van der Waals surface area contributed by atoms with Crippen LogP contribution in [0.1, 0.15) is 31.2 Å². The van der Waals surface area contributed by atoms with Gasteiger partial charge in [-0.2, -0.15) is 0 Å². The number of nitrogens with zero attached hydrogens (tertiary/aromatic N) is 2. The number of aromatic nitrogens is 2. The smallest absolute Gasteiger partial charge is 0.136 e. The van der Waals surface area contributed by atoms with E-state index in [1.54, 1.807) is 6.07 Å². The molecule has 0 fully saturated rings. The molecule has 2 aromatic rings. The summed E-state index contributed by atoms with van der Waals surface area (Å²) in [7, 11) is 0. The highest BCUT2D eigenvalue weighted by atomic mass is 79.9. The van der Waals surface area contributed by atoms with Crippen molar-refractivity contribution in [3.8, 4) is 0 Å². The van der Waals surface area contributed by atoms with Gasteiger partial charge in [0.25, 0.3) is 0 Å². The average molecular weight is 321 g/mol. The molecule has 1 aromatic heterocycles. The number of halogens is 1. The fraction of sp³-hybridized carbons (Fsp3) is 0.286. The van der Waals surface area contributed by atoms with Crippen LogP contribution in [0.25, 0.3) is 0 Å². The zero-order chi connectivity index (χ0) is 14.0. The van der Waals surface area contributed by atoms with Crippen molar-refractivity contribution >= 4 is 33.3 Å². The minimum atomic E-state index is 0.241. The van der Waals surface area contributed by atoms with Crippen LogP contribution in [-0.2, 0) is 0 Å². The van der Waals surface area contributed by atoms with E-state index in [0.29, 0.717) is 11.6 Å². The van der Waals surface area contributed by atoms with Crippen LogP contribution in [0, 0.1) is 6.92 Å². The molecule has 0 radical (unpaired) electrons. The van der Waals surface area contributed by atoms with Gasteiger partial charge in [-0.1, -0.05) is 19.9 Å². The van der Waals surface area contributed by atoms with Crippen molar-refractivity contribution < 1.29 is 0 Å². The largest absolute Gasteiger partial charge is 0.384 e. The summed E-state index contributed by atoms with van der Waals surface area (Å²) in [5.41, 5.74) is 7.96. The number of rotatable bonds is 3. The minimum Gasteiger partial charge on any atom is -0.384 e. The Morgan fingerprint density at radius 1 is 1.21 bits per heavy atom. The van der Waals surface area contributed by atoms with E-state index in [2.05, 4.69) is 37.3 Å². The normalized spacial score (nSPS) is 10.8. The van der Waals surface area contributed by atoms with Gasteiger partial charge >= 0.3 is 0 Å². The lowest BCUT2D eigenvalue weighted by Gasteiger charge is -2.11. The molecule has 1 aromatic carbocycles. The summed E-state index contributed by atoms with van der Waals surface area (Å²) in [6, 6.07) is 7.84.